The quantitative estimate of drug-likeness (QED) is 0.578. The summed E-state index contributed by atoms with van der Waals surface area (Å²) in [6, 6.07) is 12.8. The molecular formula is C27H33ClN2O4. The van der Waals surface area contributed by atoms with E-state index in [1.54, 1.807) is 11.0 Å². The zero-order valence-corrected chi connectivity index (χ0v) is 20.5. The van der Waals surface area contributed by atoms with E-state index in [0.29, 0.717) is 43.4 Å². The van der Waals surface area contributed by atoms with Gasteiger partial charge < -0.3 is 19.7 Å². The SMILES string of the molecule is CC(C(=O)NC1CCCCC1)N(Cc1cccc(Cl)c1)C(=O)CCc1ccc2c(c1)OCCO2. The zero-order valence-electron chi connectivity index (χ0n) is 19.7. The van der Waals surface area contributed by atoms with E-state index in [1.807, 2.05) is 43.3 Å². The molecule has 1 fully saturated rings. The monoisotopic (exact) mass is 484 g/mol. The van der Waals surface area contributed by atoms with Gasteiger partial charge in [0.05, 0.1) is 0 Å². The molecule has 4 rings (SSSR count). The van der Waals surface area contributed by atoms with Crippen LogP contribution in [0.4, 0.5) is 0 Å². The van der Waals surface area contributed by atoms with E-state index in [9.17, 15) is 9.59 Å². The molecular weight excluding hydrogens is 452 g/mol. The average molecular weight is 485 g/mol. The fraction of sp³-hybridized carbons (Fsp3) is 0.481. The smallest absolute Gasteiger partial charge is 0.242 e. The summed E-state index contributed by atoms with van der Waals surface area (Å²) in [5, 5.41) is 3.78. The van der Waals surface area contributed by atoms with Crippen LogP contribution in [0.2, 0.25) is 5.02 Å². The van der Waals surface area contributed by atoms with Crippen LogP contribution in [0.25, 0.3) is 0 Å². The van der Waals surface area contributed by atoms with Crippen molar-refractivity contribution in [2.75, 3.05) is 13.2 Å². The highest BCUT2D eigenvalue weighted by molar-refractivity contribution is 6.30. The van der Waals surface area contributed by atoms with Crippen LogP contribution in [-0.4, -0.2) is 42.0 Å². The van der Waals surface area contributed by atoms with Gasteiger partial charge in [-0.25, -0.2) is 0 Å². The predicted octanol–water partition coefficient (Wildman–Crippen LogP) is 4.91. The van der Waals surface area contributed by atoms with Gasteiger partial charge in [-0.05, 0) is 61.6 Å². The Bertz CT molecular complexity index is 1010. The Balaban J connectivity index is 1.44. The standard InChI is InChI=1S/C27H33ClN2O4/c1-19(27(32)29-23-8-3-2-4-9-23)30(18-21-6-5-7-22(28)16-21)26(31)13-11-20-10-12-24-25(17-20)34-15-14-33-24/h5-7,10,12,16-17,19,23H,2-4,8-9,11,13-15,18H2,1H3,(H,29,32). The maximum atomic E-state index is 13.4. The minimum Gasteiger partial charge on any atom is -0.486 e. The largest absolute Gasteiger partial charge is 0.486 e. The number of aryl methyl sites for hydroxylation is 1. The van der Waals surface area contributed by atoms with Gasteiger partial charge in [0.15, 0.2) is 11.5 Å². The molecule has 2 aromatic rings. The van der Waals surface area contributed by atoms with Crippen molar-refractivity contribution >= 4 is 23.4 Å². The van der Waals surface area contributed by atoms with Crippen molar-refractivity contribution in [2.24, 2.45) is 0 Å². The van der Waals surface area contributed by atoms with E-state index < -0.39 is 6.04 Å². The lowest BCUT2D eigenvalue weighted by Gasteiger charge is -2.31. The van der Waals surface area contributed by atoms with Crippen LogP contribution in [0.3, 0.4) is 0 Å². The highest BCUT2D eigenvalue weighted by Gasteiger charge is 2.28. The summed E-state index contributed by atoms with van der Waals surface area (Å²) in [6.45, 7) is 3.21. The highest BCUT2D eigenvalue weighted by Crippen LogP contribution is 2.31. The second-order valence-electron chi connectivity index (χ2n) is 9.15. The third-order valence-electron chi connectivity index (χ3n) is 6.59. The lowest BCUT2D eigenvalue weighted by molar-refractivity contribution is -0.141. The molecule has 1 heterocycles. The molecule has 2 amide bonds. The van der Waals surface area contributed by atoms with Crippen molar-refractivity contribution in [3.63, 3.8) is 0 Å². The average Bonchev–Trinajstić information content (AvgIpc) is 2.86. The fourth-order valence-corrected chi connectivity index (χ4v) is 4.83. The van der Waals surface area contributed by atoms with E-state index in [4.69, 9.17) is 21.1 Å². The first-order chi connectivity index (χ1) is 16.5. The number of rotatable bonds is 8. The van der Waals surface area contributed by atoms with Crippen LogP contribution in [-0.2, 0) is 22.6 Å². The molecule has 1 aliphatic heterocycles. The van der Waals surface area contributed by atoms with E-state index in [1.165, 1.54) is 6.42 Å². The number of amides is 2. The van der Waals surface area contributed by atoms with E-state index in [0.717, 1.165) is 42.6 Å². The molecule has 0 radical (unpaired) electrons. The number of nitrogens with zero attached hydrogens (tertiary/aromatic N) is 1. The summed E-state index contributed by atoms with van der Waals surface area (Å²) in [6.07, 6.45) is 6.36. The van der Waals surface area contributed by atoms with Crippen LogP contribution >= 0.6 is 11.6 Å². The van der Waals surface area contributed by atoms with Gasteiger partial charge in [0.2, 0.25) is 11.8 Å². The Morgan fingerprint density at radius 3 is 2.56 bits per heavy atom. The number of fused-ring (bicyclic) bond motifs is 1. The van der Waals surface area contributed by atoms with Crippen molar-refractivity contribution in [2.45, 2.75) is 70.5 Å². The molecule has 6 nitrogen and oxygen atoms in total. The number of ether oxygens (including phenoxy) is 2. The van der Waals surface area contributed by atoms with Crippen molar-refractivity contribution in [1.29, 1.82) is 0 Å². The topological polar surface area (TPSA) is 67.9 Å². The number of carbonyl (C=O) groups excluding carboxylic acids is 2. The maximum absolute atomic E-state index is 13.4. The normalized spacial score (nSPS) is 16.5. The molecule has 34 heavy (non-hydrogen) atoms. The fourth-order valence-electron chi connectivity index (χ4n) is 4.62. The lowest BCUT2D eigenvalue weighted by Crippen LogP contribution is -2.50. The summed E-state index contributed by atoms with van der Waals surface area (Å²) < 4.78 is 11.2. The van der Waals surface area contributed by atoms with Crippen molar-refractivity contribution < 1.29 is 19.1 Å². The summed E-state index contributed by atoms with van der Waals surface area (Å²) in [5.41, 5.74) is 1.90. The zero-order chi connectivity index (χ0) is 23.9. The Labute approximate surface area is 206 Å². The van der Waals surface area contributed by atoms with Crippen molar-refractivity contribution in [3.05, 3.63) is 58.6 Å². The molecule has 2 aromatic carbocycles. The first-order valence-electron chi connectivity index (χ1n) is 12.2. The van der Waals surface area contributed by atoms with Crippen LogP contribution < -0.4 is 14.8 Å². The Kier molecular flexibility index (Phi) is 8.33. The summed E-state index contributed by atoms with van der Waals surface area (Å²) in [5.74, 6) is 1.28. The molecule has 182 valence electrons. The van der Waals surface area contributed by atoms with Gasteiger partial charge in [-0.1, -0.05) is 49.1 Å². The molecule has 1 unspecified atom stereocenters. The van der Waals surface area contributed by atoms with Crippen LogP contribution in [0, 0.1) is 0 Å². The molecule has 0 saturated heterocycles. The van der Waals surface area contributed by atoms with Gasteiger partial charge >= 0.3 is 0 Å². The van der Waals surface area contributed by atoms with E-state index in [2.05, 4.69) is 5.32 Å². The first kappa shape index (κ1) is 24.4. The van der Waals surface area contributed by atoms with E-state index >= 15 is 0 Å². The van der Waals surface area contributed by atoms with Gasteiger partial charge in [0, 0.05) is 24.0 Å². The number of hydrogen-bond donors (Lipinski definition) is 1. The predicted molar refractivity (Wildman–Crippen MR) is 132 cm³/mol. The molecule has 1 atom stereocenters. The van der Waals surface area contributed by atoms with Crippen LogP contribution in [0.15, 0.2) is 42.5 Å². The molecule has 7 heteroatoms. The minimum atomic E-state index is -0.575. The molecule has 1 saturated carbocycles. The number of carbonyl (C=O) groups is 2. The Morgan fingerprint density at radius 2 is 1.79 bits per heavy atom. The van der Waals surface area contributed by atoms with Crippen LogP contribution in [0.1, 0.15) is 56.6 Å². The van der Waals surface area contributed by atoms with Gasteiger partial charge in [-0.15, -0.1) is 0 Å². The molecule has 0 aromatic heterocycles. The third-order valence-corrected chi connectivity index (χ3v) is 6.83. The molecule has 0 spiro atoms. The third kappa shape index (κ3) is 6.44. The minimum absolute atomic E-state index is 0.0684. The summed E-state index contributed by atoms with van der Waals surface area (Å²) in [4.78, 5) is 28.1. The number of halogens is 1. The first-order valence-corrected chi connectivity index (χ1v) is 12.6. The van der Waals surface area contributed by atoms with Gasteiger partial charge in [-0.2, -0.15) is 0 Å². The Morgan fingerprint density at radius 1 is 1.03 bits per heavy atom. The number of nitrogens with one attached hydrogen (secondary N) is 1. The summed E-state index contributed by atoms with van der Waals surface area (Å²) >= 11 is 6.17. The number of hydrogen-bond acceptors (Lipinski definition) is 4. The van der Waals surface area contributed by atoms with Gasteiger partial charge in [0.1, 0.15) is 19.3 Å². The molecule has 0 bridgehead atoms. The molecule has 2 aliphatic rings. The maximum Gasteiger partial charge on any atom is 0.242 e. The number of benzene rings is 2. The van der Waals surface area contributed by atoms with Crippen molar-refractivity contribution in [3.8, 4) is 11.5 Å². The van der Waals surface area contributed by atoms with Gasteiger partial charge in [-0.3, -0.25) is 9.59 Å². The molecule has 1 aliphatic carbocycles. The Hall–Kier alpha value is -2.73. The highest BCUT2D eigenvalue weighted by atomic mass is 35.5. The molecule has 1 N–H and O–H groups in total. The van der Waals surface area contributed by atoms with E-state index in [-0.39, 0.29) is 17.9 Å². The van der Waals surface area contributed by atoms with Crippen LogP contribution in [0.5, 0.6) is 11.5 Å². The van der Waals surface area contributed by atoms with Gasteiger partial charge in [0.25, 0.3) is 0 Å². The second kappa shape index (κ2) is 11.6. The summed E-state index contributed by atoms with van der Waals surface area (Å²) in [7, 11) is 0. The van der Waals surface area contributed by atoms with Crippen molar-refractivity contribution in [1.82, 2.24) is 10.2 Å². The second-order valence-corrected chi connectivity index (χ2v) is 9.59. The lowest BCUT2D eigenvalue weighted by atomic mass is 9.95.